The lowest BCUT2D eigenvalue weighted by atomic mass is 10.2. The van der Waals surface area contributed by atoms with Crippen LogP contribution in [0.2, 0.25) is 0 Å². The quantitative estimate of drug-likeness (QED) is 0.316. The van der Waals surface area contributed by atoms with Crippen LogP contribution in [0.4, 0.5) is 0 Å². The fraction of sp³-hybridized carbons (Fsp3) is 0.545. The van der Waals surface area contributed by atoms with Gasteiger partial charge in [0.2, 0.25) is 10.0 Å². The summed E-state index contributed by atoms with van der Waals surface area (Å²) in [4.78, 5) is 14.3. The number of benzene rings is 1. The highest BCUT2D eigenvalue weighted by atomic mass is 32.2. The molecule has 1 amide bonds. The number of rotatable bonds is 11. The lowest BCUT2D eigenvalue weighted by Crippen LogP contribution is -2.47. The van der Waals surface area contributed by atoms with Crippen LogP contribution in [-0.4, -0.2) is 69.5 Å². The topological polar surface area (TPSA) is 103 Å². The number of carbonyl (C=O) groups is 1. The SMILES string of the molecule is CCCCOCCCNC(=O)/C(C#N)=C\N1CCN(S(=O)(=O)c2ccc(C)cc2)CC1. The van der Waals surface area contributed by atoms with Crippen molar-refractivity contribution in [3.8, 4) is 6.07 Å². The molecular weight excluding hydrogens is 416 g/mol. The predicted octanol–water partition coefficient (Wildman–Crippen LogP) is 2.03. The van der Waals surface area contributed by atoms with Gasteiger partial charge in [-0.3, -0.25) is 4.79 Å². The first-order chi connectivity index (χ1) is 14.9. The summed E-state index contributed by atoms with van der Waals surface area (Å²) in [6.45, 7) is 7.15. The van der Waals surface area contributed by atoms with E-state index in [1.54, 1.807) is 24.3 Å². The number of aryl methyl sites for hydroxylation is 1. The summed E-state index contributed by atoms with van der Waals surface area (Å²) in [7, 11) is -3.55. The first-order valence-corrected chi connectivity index (χ1v) is 12.1. The van der Waals surface area contributed by atoms with Crippen molar-refractivity contribution in [3.63, 3.8) is 0 Å². The minimum Gasteiger partial charge on any atom is -0.381 e. The molecule has 9 heteroatoms. The number of unbranched alkanes of at least 4 members (excludes halogenated alkanes) is 1. The number of hydrogen-bond acceptors (Lipinski definition) is 6. The van der Waals surface area contributed by atoms with Gasteiger partial charge >= 0.3 is 0 Å². The van der Waals surface area contributed by atoms with Crippen LogP contribution >= 0.6 is 0 Å². The third-order valence-corrected chi connectivity index (χ3v) is 6.91. The molecule has 1 N–H and O–H groups in total. The predicted molar refractivity (Wildman–Crippen MR) is 119 cm³/mol. The van der Waals surface area contributed by atoms with Gasteiger partial charge in [-0.15, -0.1) is 0 Å². The summed E-state index contributed by atoms with van der Waals surface area (Å²) in [6.07, 6.45) is 4.30. The van der Waals surface area contributed by atoms with E-state index in [-0.39, 0.29) is 10.5 Å². The van der Waals surface area contributed by atoms with E-state index in [1.165, 1.54) is 10.5 Å². The second-order valence-electron chi connectivity index (χ2n) is 7.48. The summed E-state index contributed by atoms with van der Waals surface area (Å²) in [5.74, 6) is -0.425. The molecule has 1 heterocycles. The van der Waals surface area contributed by atoms with Gasteiger partial charge in [-0.05, 0) is 31.9 Å². The van der Waals surface area contributed by atoms with Crippen LogP contribution in [0.3, 0.4) is 0 Å². The van der Waals surface area contributed by atoms with Crippen molar-refractivity contribution >= 4 is 15.9 Å². The molecule has 0 spiro atoms. The van der Waals surface area contributed by atoms with Gasteiger partial charge in [-0.25, -0.2) is 8.42 Å². The van der Waals surface area contributed by atoms with Crippen molar-refractivity contribution in [2.45, 2.75) is 38.0 Å². The third kappa shape index (κ3) is 7.65. The van der Waals surface area contributed by atoms with Crippen LogP contribution in [0.15, 0.2) is 40.9 Å². The highest BCUT2D eigenvalue weighted by molar-refractivity contribution is 7.89. The minimum atomic E-state index is -3.55. The zero-order chi connectivity index (χ0) is 22.7. The van der Waals surface area contributed by atoms with Crippen LogP contribution in [0.5, 0.6) is 0 Å². The summed E-state index contributed by atoms with van der Waals surface area (Å²) < 4.78 is 32.5. The van der Waals surface area contributed by atoms with E-state index in [2.05, 4.69) is 12.2 Å². The Bertz CT molecular complexity index is 883. The Labute approximate surface area is 185 Å². The number of carbonyl (C=O) groups excluding carboxylic acids is 1. The highest BCUT2D eigenvalue weighted by Gasteiger charge is 2.28. The lowest BCUT2D eigenvalue weighted by Gasteiger charge is -2.33. The van der Waals surface area contributed by atoms with Crippen LogP contribution in [0, 0.1) is 18.3 Å². The van der Waals surface area contributed by atoms with E-state index in [9.17, 15) is 18.5 Å². The summed E-state index contributed by atoms with van der Waals surface area (Å²) in [5.41, 5.74) is 1.02. The molecule has 1 fully saturated rings. The normalized spacial score (nSPS) is 15.5. The molecule has 1 aromatic rings. The maximum Gasteiger partial charge on any atom is 0.263 e. The number of nitrogens with one attached hydrogen (secondary N) is 1. The van der Waals surface area contributed by atoms with Crippen molar-refractivity contribution in [2.75, 3.05) is 45.9 Å². The van der Waals surface area contributed by atoms with Crippen molar-refractivity contribution < 1.29 is 17.9 Å². The molecule has 0 aromatic heterocycles. The first-order valence-electron chi connectivity index (χ1n) is 10.7. The van der Waals surface area contributed by atoms with Crippen molar-refractivity contribution in [1.29, 1.82) is 5.26 Å². The molecule has 2 rings (SSSR count). The van der Waals surface area contributed by atoms with Crippen molar-refractivity contribution in [3.05, 3.63) is 41.6 Å². The van der Waals surface area contributed by atoms with Gasteiger partial charge in [0.1, 0.15) is 11.6 Å². The molecule has 0 unspecified atom stereocenters. The Morgan fingerprint density at radius 1 is 1.16 bits per heavy atom. The third-order valence-electron chi connectivity index (χ3n) is 5.00. The van der Waals surface area contributed by atoms with Gasteiger partial charge in [0.25, 0.3) is 5.91 Å². The zero-order valence-corrected chi connectivity index (χ0v) is 19.2. The van der Waals surface area contributed by atoms with E-state index in [0.717, 1.165) is 25.0 Å². The molecule has 1 aliphatic heterocycles. The van der Waals surface area contributed by atoms with E-state index >= 15 is 0 Å². The molecule has 1 saturated heterocycles. The minimum absolute atomic E-state index is 0.0155. The maximum atomic E-state index is 12.8. The van der Waals surface area contributed by atoms with Gasteiger partial charge in [0.05, 0.1) is 4.90 Å². The molecule has 1 aliphatic rings. The number of nitriles is 1. The Morgan fingerprint density at radius 2 is 1.81 bits per heavy atom. The summed E-state index contributed by atoms with van der Waals surface area (Å²) in [5, 5.41) is 12.1. The van der Waals surface area contributed by atoms with Crippen LogP contribution < -0.4 is 5.32 Å². The Morgan fingerprint density at radius 3 is 2.42 bits per heavy atom. The number of ether oxygens (including phenoxy) is 1. The standard InChI is InChI=1S/C22H32N4O4S/c1-3-4-15-30-16-5-10-24-22(27)20(17-23)18-25-11-13-26(14-12-25)31(28,29)21-8-6-19(2)7-9-21/h6-9,18H,3-5,10-16H2,1-2H3,(H,24,27)/b20-18-. The molecule has 170 valence electrons. The Balaban J connectivity index is 1.83. The molecule has 0 saturated carbocycles. The van der Waals surface area contributed by atoms with Crippen molar-refractivity contribution in [2.24, 2.45) is 0 Å². The lowest BCUT2D eigenvalue weighted by molar-refractivity contribution is -0.117. The molecule has 31 heavy (non-hydrogen) atoms. The first kappa shape index (κ1) is 24.9. The second-order valence-corrected chi connectivity index (χ2v) is 9.42. The molecule has 0 bridgehead atoms. The summed E-state index contributed by atoms with van der Waals surface area (Å²) >= 11 is 0. The number of sulfonamides is 1. The average molecular weight is 449 g/mol. The fourth-order valence-electron chi connectivity index (χ4n) is 3.07. The van der Waals surface area contributed by atoms with Gasteiger partial charge < -0.3 is 15.0 Å². The summed E-state index contributed by atoms with van der Waals surface area (Å²) in [6, 6.07) is 8.72. The molecule has 0 atom stereocenters. The number of amides is 1. The van der Waals surface area contributed by atoms with E-state index in [0.29, 0.717) is 45.8 Å². The molecular formula is C22H32N4O4S. The Hall–Kier alpha value is -2.41. The van der Waals surface area contributed by atoms with E-state index < -0.39 is 15.9 Å². The van der Waals surface area contributed by atoms with E-state index in [1.807, 2.05) is 17.9 Å². The second kappa shape index (κ2) is 12.4. The van der Waals surface area contributed by atoms with Gasteiger partial charge in [0, 0.05) is 52.1 Å². The molecule has 1 aromatic carbocycles. The largest absolute Gasteiger partial charge is 0.381 e. The number of hydrogen-bond donors (Lipinski definition) is 1. The average Bonchev–Trinajstić information content (AvgIpc) is 2.77. The van der Waals surface area contributed by atoms with Gasteiger partial charge in [0.15, 0.2) is 0 Å². The van der Waals surface area contributed by atoms with Gasteiger partial charge in [-0.1, -0.05) is 31.0 Å². The van der Waals surface area contributed by atoms with Crippen LogP contribution in [0.25, 0.3) is 0 Å². The van der Waals surface area contributed by atoms with Crippen molar-refractivity contribution in [1.82, 2.24) is 14.5 Å². The number of piperazine rings is 1. The molecule has 0 radical (unpaired) electrons. The van der Waals surface area contributed by atoms with Crippen LogP contribution in [0.1, 0.15) is 31.7 Å². The number of nitrogens with zero attached hydrogens (tertiary/aromatic N) is 3. The van der Waals surface area contributed by atoms with Crippen LogP contribution in [-0.2, 0) is 19.6 Å². The highest BCUT2D eigenvalue weighted by Crippen LogP contribution is 2.18. The maximum absolute atomic E-state index is 12.8. The molecule has 8 nitrogen and oxygen atoms in total. The fourth-order valence-corrected chi connectivity index (χ4v) is 4.50. The Kier molecular flexibility index (Phi) is 9.98. The van der Waals surface area contributed by atoms with Gasteiger partial charge in [-0.2, -0.15) is 9.57 Å². The smallest absolute Gasteiger partial charge is 0.263 e. The zero-order valence-electron chi connectivity index (χ0n) is 18.3. The monoisotopic (exact) mass is 448 g/mol. The molecule has 0 aliphatic carbocycles. The van der Waals surface area contributed by atoms with E-state index in [4.69, 9.17) is 4.74 Å².